The molecule has 1 heterocycles. The van der Waals surface area contributed by atoms with Crippen LogP contribution in [0.3, 0.4) is 0 Å². The van der Waals surface area contributed by atoms with Crippen LogP contribution in [0.25, 0.3) is 22.4 Å². The number of methoxy groups -OCH3 is 1. The van der Waals surface area contributed by atoms with Crippen LogP contribution in [0.2, 0.25) is 0 Å². The maximum Gasteiger partial charge on any atom is 0.161 e. The highest BCUT2D eigenvalue weighted by atomic mass is 16.5. The highest BCUT2D eigenvalue weighted by molar-refractivity contribution is 5.81. The average molecular weight is 411 g/mol. The highest BCUT2D eigenvalue weighted by Crippen LogP contribution is 2.33. The Bertz CT molecular complexity index is 920. The molecular weight excluding hydrogens is 376 g/mol. The standard InChI is InChI=1S/C25H34N2O3/c1-4-6-7-8-9-10-11-16-30-23-15-12-19(17-24(23)29-5-2)25-26-21-14-13-20(28-3)18-22(21)27-25/h12-15,17-18H,4-11,16H2,1-3H3,(H,26,27). The number of aromatic nitrogens is 2. The van der Waals surface area contributed by atoms with Gasteiger partial charge < -0.3 is 19.2 Å². The number of ether oxygens (including phenoxy) is 3. The van der Waals surface area contributed by atoms with E-state index < -0.39 is 0 Å². The van der Waals surface area contributed by atoms with Gasteiger partial charge in [0.25, 0.3) is 0 Å². The van der Waals surface area contributed by atoms with Gasteiger partial charge in [0.1, 0.15) is 11.6 Å². The van der Waals surface area contributed by atoms with Gasteiger partial charge >= 0.3 is 0 Å². The predicted octanol–water partition coefficient (Wildman–Crippen LogP) is 6.77. The number of nitrogens with zero attached hydrogens (tertiary/aromatic N) is 1. The number of hydrogen-bond acceptors (Lipinski definition) is 4. The minimum absolute atomic E-state index is 0.592. The van der Waals surface area contributed by atoms with Gasteiger partial charge in [-0.2, -0.15) is 0 Å². The molecule has 2 aromatic carbocycles. The van der Waals surface area contributed by atoms with Crippen molar-refractivity contribution < 1.29 is 14.2 Å². The Morgan fingerprint density at radius 3 is 2.40 bits per heavy atom. The third-order valence-corrected chi connectivity index (χ3v) is 5.21. The molecule has 30 heavy (non-hydrogen) atoms. The second-order valence-electron chi connectivity index (χ2n) is 7.53. The number of rotatable bonds is 13. The van der Waals surface area contributed by atoms with Crippen molar-refractivity contribution in [3.63, 3.8) is 0 Å². The number of hydrogen-bond donors (Lipinski definition) is 1. The fourth-order valence-electron chi connectivity index (χ4n) is 3.54. The zero-order chi connectivity index (χ0) is 21.2. The Labute approximate surface area is 179 Å². The third kappa shape index (κ3) is 5.91. The summed E-state index contributed by atoms with van der Waals surface area (Å²) in [5, 5.41) is 0. The quantitative estimate of drug-likeness (QED) is 0.316. The monoisotopic (exact) mass is 410 g/mol. The average Bonchev–Trinajstić information content (AvgIpc) is 3.20. The fraction of sp³-hybridized carbons (Fsp3) is 0.480. The van der Waals surface area contributed by atoms with Gasteiger partial charge in [0, 0.05) is 11.6 Å². The van der Waals surface area contributed by atoms with E-state index >= 15 is 0 Å². The van der Waals surface area contributed by atoms with E-state index in [9.17, 15) is 0 Å². The maximum atomic E-state index is 6.03. The molecule has 0 spiro atoms. The first-order valence-corrected chi connectivity index (χ1v) is 11.2. The van der Waals surface area contributed by atoms with Crippen molar-refractivity contribution in [2.45, 2.75) is 58.8 Å². The van der Waals surface area contributed by atoms with E-state index in [0.717, 1.165) is 52.7 Å². The molecule has 0 unspecified atom stereocenters. The lowest BCUT2D eigenvalue weighted by Crippen LogP contribution is -2.01. The molecule has 0 aliphatic heterocycles. The van der Waals surface area contributed by atoms with E-state index in [4.69, 9.17) is 19.2 Å². The first kappa shape index (κ1) is 22.0. The van der Waals surface area contributed by atoms with E-state index in [0.29, 0.717) is 6.61 Å². The molecule has 0 atom stereocenters. The Kier molecular flexibility index (Phi) is 8.42. The summed E-state index contributed by atoms with van der Waals surface area (Å²) >= 11 is 0. The summed E-state index contributed by atoms with van der Waals surface area (Å²) in [6.07, 6.45) is 8.90. The molecule has 3 rings (SSSR count). The Morgan fingerprint density at radius 2 is 1.63 bits per heavy atom. The lowest BCUT2D eigenvalue weighted by Gasteiger charge is -2.13. The van der Waals surface area contributed by atoms with Crippen LogP contribution in [0.5, 0.6) is 17.2 Å². The minimum Gasteiger partial charge on any atom is -0.497 e. The zero-order valence-electron chi connectivity index (χ0n) is 18.5. The number of imidazole rings is 1. The lowest BCUT2D eigenvalue weighted by atomic mass is 10.1. The summed E-state index contributed by atoms with van der Waals surface area (Å²) in [6, 6.07) is 11.8. The molecule has 0 amide bonds. The second kappa shape index (κ2) is 11.5. The summed E-state index contributed by atoms with van der Waals surface area (Å²) < 4.78 is 17.2. The molecule has 1 aromatic heterocycles. The van der Waals surface area contributed by atoms with Gasteiger partial charge in [0.05, 0.1) is 31.4 Å². The van der Waals surface area contributed by atoms with Crippen LogP contribution in [0, 0.1) is 0 Å². The van der Waals surface area contributed by atoms with Crippen LogP contribution in [-0.2, 0) is 0 Å². The first-order chi connectivity index (χ1) is 14.7. The lowest BCUT2D eigenvalue weighted by molar-refractivity contribution is 0.270. The SMILES string of the molecule is CCCCCCCCCOc1ccc(-c2nc3ccc(OC)cc3[nH]2)cc1OCC. The Morgan fingerprint density at radius 1 is 0.833 bits per heavy atom. The van der Waals surface area contributed by atoms with Crippen molar-refractivity contribution in [3.8, 4) is 28.6 Å². The summed E-state index contributed by atoms with van der Waals surface area (Å²) in [5.74, 6) is 3.17. The van der Waals surface area contributed by atoms with Crippen molar-refractivity contribution in [2.75, 3.05) is 20.3 Å². The normalized spacial score (nSPS) is 11.0. The van der Waals surface area contributed by atoms with Gasteiger partial charge in [-0.05, 0) is 43.7 Å². The summed E-state index contributed by atoms with van der Waals surface area (Å²) in [5.41, 5.74) is 2.82. The van der Waals surface area contributed by atoms with Crippen LogP contribution in [0.4, 0.5) is 0 Å². The fourth-order valence-corrected chi connectivity index (χ4v) is 3.54. The molecule has 0 aliphatic rings. The third-order valence-electron chi connectivity index (χ3n) is 5.21. The van der Waals surface area contributed by atoms with Crippen molar-refractivity contribution in [1.82, 2.24) is 9.97 Å². The number of aromatic amines is 1. The molecule has 5 heteroatoms. The Hall–Kier alpha value is -2.69. The number of H-pyrrole nitrogens is 1. The van der Waals surface area contributed by atoms with E-state index in [2.05, 4.69) is 11.9 Å². The van der Waals surface area contributed by atoms with Gasteiger partial charge in [-0.25, -0.2) is 4.98 Å². The molecule has 0 aliphatic carbocycles. The van der Waals surface area contributed by atoms with Crippen LogP contribution in [-0.4, -0.2) is 30.3 Å². The second-order valence-corrected chi connectivity index (χ2v) is 7.53. The zero-order valence-corrected chi connectivity index (χ0v) is 18.5. The predicted molar refractivity (Wildman–Crippen MR) is 123 cm³/mol. The molecular formula is C25H34N2O3. The largest absolute Gasteiger partial charge is 0.497 e. The van der Waals surface area contributed by atoms with Crippen molar-refractivity contribution in [1.29, 1.82) is 0 Å². The number of nitrogens with one attached hydrogen (secondary N) is 1. The summed E-state index contributed by atoms with van der Waals surface area (Å²) in [4.78, 5) is 8.07. The van der Waals surface area contributed by atoms with Crippen LogP contribution in [0.1, 0.15) is 58.8 Å². The smallest absolute Gasteiger partial charge is 0.161 e. The van der Waals surface area contributed by atoms with Crippen LogP contribution < -0.4 is 14.2 Å². The first-order valence-electron chi connectivity index (χ1n) is 11.2. The van der Waals surface area contributed by atoms with Gasteiger partial charge in [0.2, 0.25) is 0 Å². The van der Waals surface area contributed by atoms with Crippen molar-refractivity contribution >= 4 is 11.0 Å². The number of benzene rings is 2. The minimum atomic E-state index is 0.592. The van der Waals surface area contributed by atoms with Crippen molar-refractivity contribution in [2.24, 2.45) is 0 Å². The van der Waals surface area contributed by atoms with Crippen molar-refractivity contribution in [3.05, 3.63) is 36.4 Å². The van der Waals surface area contributed by atoms with Gasteiger partial charge in [-0.3, -0.25) is 0 Å². The molecule has 0 bridgehead atoms. The van der Waals surface area contributed by atoms with E-state index in [1.165, 1.54) is 38.5 Å². The molecule has 162 valence electrons. The molecule has 1 N–H and O–H groups in total. The molecule has 0 saturated heterocycles. The van der Waals surface area contributed by atoms with Gasteiger partial charge in [0.15, 0.2) is 11.5 Å². The topological polar surface area (TPSA) is 56.4 Å². The van der Waals surface area contributed by atoms with Crippen LogP contribution in [0.15, 0.2) is 36.4 Å². The summed E-state index contributed by atoms with van der Waals surface area (Å²) in [7, 11) is 1.66. The summed E-state index contributed by atoms with van der Waals surface area (Å²) in [6.45, 7) is 5.55. The molecule has 3 aromatic rings. The number of unbranched alkanes of at least 4 members (excludes halogenated alkanes) is 6. The van der Waals surface area contributed by atoms with E-state index in [1.807, 2.05) is 43.3 Å². The molecule has 0 saturated carbocycles. The molecule has 0 radical (unpaired) electrons. The van der Waals surface area contributed by atoms with Crippen LogP contribution >= 0.6 is 0 Å². The van der Waals surface area contributed by atoms with E-state index in [-0.39, 0.29) is 0 Å². The molecule has 0 fully saturated rings. The number of fused-ring (bicyclic) bond motifs is 1. The highest BCUT2D eigenvalue weighted by Gasteiger charge is 2.11. The van der Waals surface area contributed by atoms with E-state index in [1.54, 1.807) is 7.11 Å². The molecule has 5 nitrogen and oxygen atoms in total. The van der Waals surface area contributed by atoms with Gasteiger partial charge in [-0.1, -0.05) is 45.4 Å². The maximum absolute atomic E-state index is 6.03. The Balaban J connectivity index is 1.63. The van der Waals surface area contributed by atoms with Gasteiger partial charge in [-0.15, -0.1) is 0 Å².